The summed E-state index contributed by atoms with van der Waals surface area (Å²) in [4.78, 5) is 13.0. The van der Waals surface area contributed by atoms with E-state index < -0.39 is 5.97 Å². The van der Waals surface area contributed by atoms with E-state index in [0.717, 1.165) is 0 Å². The maximum absolute atomic E-state index is 11.1. The minimum Gasteiger partial charge on any atom is -0.511 e. The van der Waals surface area contributed by atoms with E-state index in [1.807, 2.05) is 19.0 Å². The summed E-state index contributed by atoms with van der Waals surface area (Å²) in [5.41, 5.74) is 0. The van der Waals surface area contributed by atoms with Gasteiger partial charge in [-0.05, 0) is 21.0 Å². The van der Waals surface area contributed by atoms with Crippen molar-refractivity contribution in [2.45, 2.75) is 6.92 Å². The number of hydrogen-bond acceptors (Lipinski definition) is 5. The molecule has 0 radical (unpaired) electrons. The van der Waals surface area contributed by atoms with Crippen LogP contribution in [-0.2, 0) is 14.3 Å². The van der Waals surface area contributed by atoms with Crippen molar-refractivity contribution in [1.29, 1.82) is 0 Å². The molecule has 82 valence electrons. The fourth-order valence-corrected chi connectivity index (χ4v) is 0.689. The van der Waals surface area contributed by atoms with Crippen molar-refractivity contribution in [3.63, 3.8) is 0 Å². The zero-order chi connectivity index (χ0) is 11.0. The van der Waals surface area contributed by atoms with Gasteiger partial charge in [-0.3, -0.25) is 0 Å². The molecule has 1 N–H and O–H groups in total. The van der Waals surface area contributed by atoms with Crippen LogP contribution in [-0.4, -0.2) is 49.8 Å². The van der Waals surface area contributed by atoms with Gasteiger partial charge in [0, 0.05) is 6.54 Å². The molecular formula is C9H17NO4. The van der Waals surface area contributed by atoms with Crippen molar-refractivity contribution in [2.75, 3.05) is 33.9 Å². The highest BCUT2D eigenvalue weighted by atomic mass is 16.6. The third-order valence-electron chi connectivity index (χ3n) is 1.39. The highest BCUT2D eigenvalue weighted by molar-refractivity contribution is 5.85. The number of nitrogens with zero attached hydrogens (tertiary/aromatic N) is 1. The number of hydrogen-bond donors (Lipinski definition) is 1. The van der Waals surface area contributed by atoms with Crippen LogP contribution in [0.2, 0.25) is 0 Å². The Balaban J connectivity index is 3.86. The van der Waals surface area contributed by atoms with Crippen molar-refractivity contribution in [2.24, 2.45) is 0 Å². The number of ether oxygens (including phenoxy) is 2. The molecule has 0 heterocycles. The molecule has 0 amide bonds. The topological polar surface area (TPSA) is 59.0 Å². The Morgan fingerprint density at radius 2 is 2.07 bits per heavy atom. The van der Waals surface area contributed by atoms with Crippen LogP contribution in [0.5, 0.6) is 0 Å². The predicted octanol–water partition coefficient (Wildman–Crippen LogP) is 0.527. The first kappa shape index (κ1) is 12.8. The van der Waals surface area contributed by atoms with Gasteiger partial charge in [0.15, 0.2) is 0 Å². The first-order valence-corrected chi connectivity index (χ1v) is 4.40. The van der Waals surface area contributed by atoms with Crippen molar-refractivity contribution in [3.05, 3.63) is 12.0 Å². The largest absolute Gasteiger partial charge is 0.511 e. The number of aliphatic hydroxyl groups is 1. The molecule has 0 saturated carbocycles. The summed E-state index contributed by atoms with van der Waals surface area (Å²) in [5.74, 6) is -0.803. The van der Waals surface area contributed by atoms with E-state index in [4.69, 9.17) is 9.84 Å². The lowest BCUT2D eigenvalue weighted by molar-refractivity contribution is -0.142. The van der Waals surface area contributed by atoms with Crippen LogP contribution in [0, 0.1) is 0 Å². The molecule has 5 nitrogen and oxygen atoms in total. The van der Waals surface area contributed by atoms with Crippen molar-refractivity contribution in [3.8, 4) is 0 Å². The Morgan fingerprint density at radius 3 is 2.50 bits per heavy atom. The summed E-state index contributed by atoms with van der Waals surface area (Å²) in [6.07, 6.45) is 0.619. The molecule has 14 heavy (non-hydrogen) atoms. The van der Waals surface area contributed by atoms with Crippen LogP contribution >= 0.6 is 0 Å². The van der Waals surface area contributed by atoms with E-state index in [9.17, 15) is 4.79 Å². The minimum atomic E-state index is -0.645. The molecule has 0 rings (SSSR count). The molecule has 0 aromatic carbocycles. The average Bonchev–Trinajstić information content (AvgIpc) is 2.12. The molecule has 0 spiro atoms. The number of carbonyl (C=O) groups excluding carboxylic acids is 1. The van der Waals surface area contributed by atoms with Crippen LogP contribution in [0.25, 0.3) is 0 Å². The Kier molecular flexibility index (Phi) is 6.57. The lowest BCUT2D eigenvalue weighted by Gasteiger charge is -2.11. The first-order valence-electron chi connectivity index (χ1n) is 4.40. The van der Waals surface area contributed by atoms with Crippen molar-refractivity contribution >= 4 is 5.97 Å². The van der Waals surface area contributed by atoms with Gasteiger partial charge in [-0.25, -0.2) is 4.79 Å². The van der Waals surface area contributed by atoms with Gasteiger partial charge in [-0.15, -0.1) is 0 Å². The summed E-state index contributed by atoms with van der Waals surface area (Å²) in [6, 6.07) is 0. The Bertz CT molecular complexity index is 201. The zero-order valence-electron chi connectivity index (χ0n) is 8.82. The second-order valence-corrected chi connectivity index (χ2v) is 2.87. The number of aliphatic hydroxyl groups excluding tert-OH is 1. The second kappa shape index (κ2) is 7.20. The standard InChI is InChI=1S/C9H17NO4/c1-4-13-9(12)8(7-11)14-6-5-10(2)3/h7,11H,4-6H2,1-3H3. The fraction of sp³-hybridized carbons (Fsp3) is 0.667. The summed E-state index contributed by atoms with van der Waals surface area (Å²) >= 11 is 0. The molecule has 0 bridgehead atoms. The predicted molar refractivity (Wildman–Crippen MR) is 51.9 cm³/mol. The molecule has 0 saturated heterocycles. The molecule has 0 aliphatic rings. The SMILES string of the molecule is CCOC(=O)C(=CO)OCCN(C)C. The fourth-order valence-electron chi connectivity index (χ4n) is 0.689. The lowest BCUT2D eigenvalue weighted by Crippen LogP contribution is -2.20. The van der Waals surface area contributed by atoms with Crippen LogP contribution in [0.3, 0.4) is 0 Å². The maximum Gasteiger partial charge on any atom is 0.376 e. The Morgan fingerprint density at radius 1 is 1.43 bits per heavy atom. The zero-order valence-corrected chi connectivity index (χ0v) is 8.82. The van der Waals surface area contributed by atoms with Gasteiger partial charge in [-0.2, -0.15) is 0 Å². The quantitative estimate of drug-likeness (QED) is 0.387. The first-order chi connectivity index (χ1) is 6.61. The lowest BCUT2D eigenvalue weighted by atomic mass is 10.5. The Labute approximate surface area is 83.9 Å². The van der Waals surface area contributed by atoms with Crippen LogP contribution in [0.1, 0.15) is 6.92 Å². The minimum absolute atomic E-state index is 0.159. The van der Waals surface area contributed by atoms with E-state index >= 15 is 0 Å². The van der Waals surface area contributed by atoms with E-state index in [2.05, 4.69) is 4.74 Å². The van der Waals surface area contributed by atoms with Gasteiger partial charge in [0.05, 0.1) is 6.61 Å². The molecule has 0 aliphatic heterocycles. The van der Waals surface area contributed by atoms with E-state index in [1.54, 1.807) is 6.92 Å². The summed E-state index contributed by atoms with van der Waals surface area (Å²) in [7, 11) is 3.77. The van der Waals surface area contributed by atoms with Crippen molar-refractivity contribution < 1.29 is 19.4 Å². The number of rotatable bonds is 6. The van der Waals surface area contributed by atoms with Gasteiger partial charge >= 0.3 is 5.97 Å². The van der Waals surface area contributed by atoms with E-state index in [-0.39, 0.29) is 12.4 Å². The number of carbonyl (C=O) groups is 1. The van der Waals surface area contributed by atoms with Gasteiger partial charge in [0.25, 0.3) is 0 Å². The molecule has 5 heteroatoms. The summed E-state index contributed by atoms with van der Waals surface area (Å²) in [6.45, 7) is 2.94. The van der Waals surface area contributed by atoms with Gasteiger partial charge < -0.3 is 19.5 Å². The molecule has 0 atom stereocenters. The monoisotopic (exact) mass is 203 g/mol. The highest BCUT2D eigenvalue weighted by Gasteiger charge is 2.11. The summed E-state index contributed by atoms with van der Waals surface area (Å²) < 4.78 is 9.66. The van der Waals surface area contributed by atoms with Crippen molar-refractivity contribution in [1.82, 2.24) is 4.90 Å². The van der Waals surface area contributed by atoms with Crippen LogP contribution in [0.15, 0.2) is 12.0 Å². The molecule has 0 aromatic heterocycles. The third kappa shape index (κ3) is 5.42. The number of likely N-dealkylation sites (N-methyl/N-ethyl adjacent to an activating group) is 1. The smallest absolute Gasteiger partial charge is 0.376 e. The van der Waals surface area contributed by atoms with Crippen LogP contribution in [0.4, 0.5) is 0 Å². The maximum atomic E-state index is 11.1. The third-order valence-corrected chi connectivity index (χ3v) is 1.39. The normalized spacial score (nSPS) is 11.6. The van der Waals surface area contributed by atoms with E-state index in [0.29, 0.717) is 19.4 Å². The molecule has 0 aliphatic carbocycles. The average molecular weight is 203 g/mol. The molecule has 0 aromatic rings. The Hall–Kier alpha value is -1.23. The number of esters is 1. The van der Waals surface area contributed by atoms with Gasteiger partial charge in [-0.1, -0.05) is 0 Å². The summed E-state index contributed by atoms with van der Waals surface area (Å²) in [5, 5.41) is 8.69. The second-order valence-electron chi connectivity index (χ2n) is 2.87. The van der Waals surface area contributed by atoms with Gasteiger partial charge in [0.2, 0.25) is 5.76 Å². The van der Waals surface area contributed by atoms with Gasteiger partial charge in [0.1, 0.15) is 12.9 Å². The molecule has 0 fully saturated rings. The highest BCUT2D eigenvalue weighted by Crippen LogP contribution is 1.99. The van der Waals surface area contributed by atoms with E-state index in [1.165, 1.54) is 0 Å². The molecule has 0 unspecified atom stereocenters. The molecular weight excluding hydrogens is 186 g/mol. The van der Waals surface area contributed by atoms with Crippen LogP contribution < -0.4 is 0 Å².